The van der Waals surface area contributed by atoms with Crippen molar-refractivity contribution in [1.29, 1.82) is 0 Å². The molecule has 1 radical (unpaired) electrons. The SMILES string of the molecule is CC(C)CC(NC(=O)CNC(=O)C(Cc1cccs1)NC(=O)C(Cc1ccccc1)NC(=O)C(CCC(N)=O)NC(=O)C(CCC(N)=O)NC(=O)C1CCCN1C(=O)C(CCCCN)NC(=O)C1CCCN1C(=O)C(CCCN=C(N)N)NC(=O)CN1CCN(CC(=O)[O-])CCN(CC(=O)[O-])CCN(CC(=O)[O-])CC1)C(=O)NC(CCS(C)(=O)=O)C(N)=O.[Ac]. The Morgan fingerprint density at radius 3 is 1.37 bits per heavy atom. The van der Waals surface area contributed by atoms with Gasteiger partial charge in [-0.2, -0.15) is 0 Å². The van der Waals surface area contributed by atoms with Crippen molar-refractivity contribution in [2.75, 3.05) is 123 Å². The van der Waals surface area contributed by atoms with E-state index < -0.39 is 235 Å². The van der Waals surface area contributed by atoms with Crippen LogP contribution in [0.15, 0.2) is 52.8 Å². The summed E-state index contributed by atoms with van der Waals surface area (Å²) in [5.41, 5.74) is 34.2. The fourth-order valence-electron chi connectivity index (χ4n) is 14.2. The van der Waals surface area contributed by atoms with E-state index in [2.05, 4.69) is 52.8 Å². The van der Waals surface area contributed by atoms with Crippen LogP contribution in [-0.4, -0.2) is 328 Å². The molecule has 21 N–H and O–H groups in total. The van der Waals surface area contributed by atoms with Crippen LogP contribution in [0.4, 0.5) is 0 Å². The van der Waals surface area contributed by atoms with Crippen molar-refractivity contribution in [3.8, 4) is 0 Å². The number of primary amides is 3. The van der Waals surface area contributed by atoms with Crippen LogP contribution in [0.5, 0.6) is 0 Å². The van der Waals surface area contributed by atoms with Crippen molar-refractivity contribution in [1.82, 2.24) is 77.3 Å². The summed E-state index contributed by atoms with van der Waals surface area (Å²) < 4.78 is 23.7. The molecule has 47 heteroatoms. The second-order valence-corrected chi connectivity index (χ2v) is 34.4. The minimum Gasteiger partial charge on any atom is -0.549 e. The molecule has 3 fully saturated rings. The summed E-state index contributed by atoms with van der Waals surface area (Å²) in [6.07, 6.45) is -0.525. The number of carbonyl (C=O) groups excluding carboxylic acids is 17. The van der Waals surface area contributed by atoms with E-state index >= 15 is 4.79 Å². The molecule has 14 amide bonds. The van der Waals surface area contributed by atoms with Gasteiger partial charge in [0.2, 0.25) is 82.7 Å². The largest absolute Gasteiger partial charge is 0.549 e. The molecule has 0 bridgehead atoms. The Labute approximate surface area is 759 Å². The Kier molecular flexibility index (Phi) is 47.3. The first-order valence-electron chi connectivity index (χ1n) is 40.8. The van der Waals surface area contributed by atoms with Gasteiger partial charge in [-0.1, -0.05) is 50.2 Å². The zero-order valence-electron chi connectivity index (χ0n) is 70.2. The molecule has 3 aliphatic rings. The molecule has 0 saturated carbocycles. The van der Waals surface area contributed by atoms with Crippen molar-refractivity contribution < 1.29 is 149 Å². The Balaban J connectivity index is 0.0000323. The number of sulfone groups is 1. The van der Waals surface area contributed by atoms with E-state index in [1.54, 1.807) is 66.6 Å². The van der Waals surface area contributed by atoms with E-state index in [0.29, 0.717) is 23.3 Å². The standard InChI is InChI=1S/C77H122N22O22S2.Ac/c1-47(2)39-55(71(114)88-50(67(81)110)24-38-123(3,120)121)87-62(102)42-85-68(111)57(41-49-15-12-37-122-49)93-72(115)56(40-48-13-5-4-6-14-48)92-70(113)51(20-22-60(79)100)89-69(112)52(21-23-61(80)101)90-73(116)58-18-10-28-99(58)76(119)54(16-7-8-25-78)91-74(117)59-19-11-27-98(59)75(118)53(17-9-26-84-77(82)83)86-63(103)43-94-29-31-95(44-64(104)105)33-35-97(46-66(108)109)36-34-96(32-30-94)45-65(106)107;/h4-6,12-15,37,47,50-59H,7-11,16-36,38-46,78H2,1-3H3,(H2,79,100)(H2,80,101)(H2,81,110)(H,85,111)(H,86,103)(H,87,102)(H,88,114)(H,89,112)(H,90,116)(H,91,117)(H,92,113)(H,93,115)(H,104,105)(H,106,107)(H,108,109)(H4,82,83,84);/p-3. The summed E-state index contributed by atoms with van der Waals surface area (Å²) in [5, 5.41) is 60.3. The van der Waals surface area contributed by atoms with E-state index in [-0.39, 0.29) is 205 Å². The number of nitrogens with one attached hydrogen (secondary N) is 9. The molecule has 687 valence electrons. The number of hydrogen-bond donors (Lipinski definition) is 15. The topological polar surface area (TPSA) is 690 Å². The van der Waals surface area contributed by atoms with Crippen LogP contribution in [0.2, 0.25) is 0 Å². The number of carbonyl (C=O) groups is 17. The maximum Gasteiger partial charge on any atom is 0.245 e. The monoisotopic (exact) mass is 1990 g/mol. The third-order valence-electron chi connectivity index (χ3n) is 20.6. The van der Waals surface area contributed by atoms with Crippen molar-refractivity contribution in [2.45, 2.75) is 183 Å². The molecule has 10 unspecified atom stereocenters. The Bertz CT molecular complexity index is 4060. The zero-order valence-corrected chi connectivity index (χ0v) is 76.6. The van der Waals surface area contributed by atoms with Gasteiger partial charge in [-0.05, 0) is 113 Å². The first-order chi connectivity index (χ1) is 58.2. The van der Waals surface area contributed by atoms with Crippen molar-refractivity contribution in [2.24, 2.45) is 45.3 Å². The minimum atomic E-state index is -3.58. The quantitative estimate of drug-likeness (QED) is 0.0166. The second kappa shape index (κ2) is 55.0. The van der Waals surface area contributed by atoms with Crippen LogP contribution in [0.3, 0.4) is 0 Å². The van der Waals surface area contributed by atoms with Gasteiger partial charge < -0.3 is 122 Å². The van der Waals surface area contributed by atoms with Crippen LogP contribution >= 0.6 is 11.3 Å². The molecular weight excluding hydrogens is 1880 g/mol. The summed E-state index contributed by atoms with van der Waals surface area (Å²) in [7, 11) is -3.58. The van der Waals surface area contributed by atoms with E-state index in [4.69, 9.17) is 34.4 Å². The number of aliphatic imine (C=N–C) groups is 1. The molecule has 0 spiro atoms. The molecule has 44 nitrogen and oxygen atoms in total. The number of aliphatic carboxylic acids is 3. The summed E-state index contributed by atoms with van der Waals surface area (Å²) in [6.45, 7) is 1.13. The fourth-order valence-corrected chi connectivity index (χ4v) is 15.6. The average Bonchev–Trinajstić information content (AvgIpc) is 1.64. The smallest absolute Gasteiger partial charge is 0.245 e. The summed E-state index contributed by atoms with van der Waals surface area (Å²) in [6, 6.07) is -2.82. The molecule has 10 atom stereocenters. The number of guanidine groups is 1. The molecule has 0 aliphatic carbocycles. The first kappa shape index (κ1) is 107. The number of thiophene rings is 1. The normalized spacial score (nSPS) is 17.6. The molecule has 1 aromatic carbocycles. The van der Waals surface area contributed by atoms with Gasteiger partial charge in [0.05, 0.1) is 36.8 Å². The third-order valence-corrected chi connectivity index (χ3v) is 22.4. The van der Waals surface area contributed by atoms with Crippen LogP contribution in [0.1, 0.15) is 121 Å². The number of carboxylic acids is 3. The third kappa shape index (κ3) is 40.1. The molecule has 124 heavy (non-hydrogen) atoms. The predicted octanol–water partition coefficient (Wildman–Crippen LogP) is -11.3. The number of likely N-dealkylation sites (tertiary alicyclic amines) is 2. The van der Waals surface area contributed by atoms with Gasteiger partial charge in [0.1, 0.15) is 70.3 Å². The second-order valence-electron chi connectivity index (χ2n) is 31.1. The van der Waals surface area contributed by atoms with Gasteiger partial charge in [-0.3, -0.25) is 91.7 Å². The fraction of sp³-hybridized carbons (Fsp3) is 0.636. The van der Waals surface area contributed by atoms with E-state index in [9.17, 15) is 100 Å². The van der Waals surface area contributed by atoms with Gasteiger partial charge in [0.15, 0.2) is 5.96 Å². The van der Waals surface area contributed by atoms with Gasteiger partial charge in [-0.25, -0.2) is 8.42 Å². The summed E-state index contributed by atoms with van der Waals surface area (Å²) in [5.74, 6) is -17.7. The Morgan fingerprint density at radius 2 is 0.919 bits per heavy atom. The van der Waals surface area contributed by atoms with Crippen molar-refractivity contribution in [3.63, 3.8) is 0 Å². The van der Waals surface area contributed by atoms with Crippen LogP contribution in [0.25, 0.3) is 0 Å². The number of nitrogens with zero attached hydrogens (tertiary/aromatic N) is 7. The zero-order chi connectivity index (χ0) is 91.0. The number of carboxylic acid groups (broad SMARTS) is 3. The Morgan fingerprint density at radius 1 is 0.484 bits per heavy atom. The van der Waals surface area contributed by atoms with Crippen molar-refractivity contribution in [3.05, 3.63) is 58.3 Å². The van der Waals surface area contributed by atoms with Crippen LogP contribution in [-0.2, 0) is 104 Å². The number of nitrogens with two attached hydrogens (primary N) is 6. The van der Waals surface area contributed by atoms with Gasteiger partial charge >= 0.3 is 0 Å². The molecule has 2 aromatic rings. The first-order valence-corrected chi connectivity index (χ1v) is 43.8. The van der Waals surface area contributed by atoms with Gasteiger partial charge in [0.25, 0.3) is 0 Å². The van der Waals surface area contributed by atoms with E-state index in [1.807, 2.05) is 0 Å². The molecule has 3 saturated heterocycles. The summed E-state index contributed by atoms with van der Waals surface area (Å²) >= 11 is 1.22. The number of benzene rings is 1. The number of amides is 14. The molecular formula is C77H119AcN22O22S2-3. The number of hydrogen-bond acceptors (Lipinski definition) is 29. The van der Waals surface area contributed by atoms with Gasteiger partial charge in [0, 0.05) is 173 Å². The molecule has 5 rings (SSSR count). The maximum absolute atomic E-state index is 15.0. The van der Waals surface area contributed by atoms with Crippen molar-refractivity contribution >= 4 is 128 Å². The van der Waals surface area contributed by atoms with Crippen LogP contribution in [0, 0.1) is 50.0 Å². The Hall–Kier alpha value is -9.63. The molecule has 1 aromatic heterocycles. The van der Waals surface area contributed by atoms with E-state index in [1.165, 1.54) is 35.8 Å². The minimum absolute atomic E-state index is 0. The average molecular weight is 2000 g/mol. The predicted molar refractivity (Wildman–Crippen MR) is 440 cm³/mol. The molecule has 4 heterocycles. The molecule has 3 aliphatic heterocycles. The maximum atomic E-state index is 15.0. The number of rotatable bonds is 51. The van der Waals surface area contributed by atoms with Crippen LogP contribution < -0.4 is 97.6 Å². The summed E-state index contributed by atoms with van der Waals surface area (Å²) in [4.78, 5) is 245. The van der Waals surface area contributed by atoms with E-state index in [0.717, 1.165) is 6.26 Å². The van der Waals surface area contributed by atoms with Gasteiger partial charge in [-0.15, -0.1) is 11.3 Å². The number of unbranched alkanes of at least 4 members (excludes halogenated alkanes) is 1.